The van der Waals surface area contributed by atoms with E-state index in [0.29, 0.717) is 25.4 Å². The van der Waals surface area contributed by atoms with Crippen LogP contribution in [0.15, 0.2) is 42.9 Å². The summed E-state index contributed by atoms with van der Waals surface area (Å²) in [7, 11) is 0. The number of nitrogens with zero attached hydrogens (tertiary/aromatic N) is 4. The first-order chi connectivity index (χ1) is 13.6. The number of hydrogen-bond donors (Lipinski definition) is 1. The molecule has 144 valence electrons. The van der Waals surface area contributed by atoms with Crippen LogP contribution < -0.4 is 5.32 Å². The number of hydrogen-bond acceptors (Lipinski definition) is 5. The van der Waals surface area contributed by atoms with E-state index in [1.165, 1.54) is 17.5 Å². The first-order valence-corrected chi connectivity index (χ1v) is 9.40. The lowest BCUT2D eigenvalue weighted by Gasteiger charge is -2.22. The number of fused-ring (bicyclic) bond motifs is 1. The number of rotatable bonds is 5. The van der Waals surface area contributed by atoms with Gasteiger partial charge >= 0.3 is 0 Å². The van der Waals surface area contributed by atoms with Crippen LogP contribution in [0.4, 0.5) is 0 Å². The Bertz CT molecular complexity index is 984. The van der Waals surface area contributed by atoms with Crippen molar-refractivity contribution in [3.63, 3.8) is 0 Å². The maximum Gasteiger partial charge on any atom is 0.270 e. The van der Waals surface area contributed by atoms with E-state index in [-0.39, 0.29) is 12.0 Å². The van der Waals surface area contributed by atoms with Crippen LogP contribution in [0.25, 0.3) is 0 Å². The highest BCUT2D eigenvalue weighted by molar-refractivity contribution is 5.93. The molecule has 1 N–H and O–H groups in total. The van der Waals surface area contributed by atoms with Crippen molar-refractivity contribution in [3.05, 3.63) is 76.6 Å². The maximum atomic E-state index is 12.5. The SMILES string of the molecule is Cc1ncnc(C(=O)NCC2OCCc3cn(Cc4ccccc4)nc32)c1C. The smallest absolute Gasteiger partial charge is 0.270 e. The lowest BCUT2D eigenvalue weighted by Crippen LogP contribution is -2.33. The normalized spacial score (nSPS) is 15.9. The molecule has 0 bridgehead atoms. The van der Waals surface area contributed by atoms with E-state index in [1.54, 1.807) is 0 Å². The Morgan fingerprint density at radius 1 is 1.25 bits per heavy atom. The second-order valence-electron chi connectivity index (χ2n) is 6.97. The minimum Gasteiger partial charge on any atom is -0.370 e. The maximum absolute atomic E-state index is 12.5. The average Bonchev–Trinajstić information content (AvgIpc) is 3.12. The van der Waals surface area contributed by atoms with Crippen LogP contribution in [0.5, 0.6) is 0 Å². The Morgan fingerprint density at radius 2 is 2.07 bits per heavy atom. The minimum absolute atomic E-state index is 0.220. The summed E-state index contributed by atoms with van der Waals surface area (Å²) in [5.41, 5.74) is 5.27. The Balaban J connectivity index is 1.46. The Labute approximate surface area is 163 Å². The Morgan fingerprint density at radius 3 is 2.89 bits per heavy atom. The molecule has 1 unspecified atom stereocenters. The number of amides is 1. The number of carbonyl (C=O) groups is 1. The van der Waals surface area contributed by atoms with Gasteiger partial charge in [-0.1, -0.05) is 30.3 Å². The molecule has 3 aromatic rings. The fourth-order valence-electron chi connectivity index (χ4n) is 3.37. The molecule has 0 saturated heterocycles. The summed E-state index contributed by atoms with van der Waals surface area (Å²) in [6.07, 6.45) is 4.07. The monoisotopic (exact) mass is 377 g/mol. The second kappa shape index (κ2) is 7.90. The van der Waals surface area contributed by atoms with Crippen LogP contribution in [0, 0.1) is 13.8 Å². The molecule has 0 saturated carbocycles. The van der Waals surface area contributed by atoms with Gasteiger partial charge in [-0.15, -0.1) is 0 Å². The third-order valence-electron chi connectivity index (χ3n) is 5.05. The highest BCUT2D eigenvalue weighted by Crippen LogP contribution is 2.25. The molecule has 28 heavy (non-hydrogen) atoms. The van der Waals surface area contributed by atoms with Gasteiger partial charge in [-0.25, -0.2) is 9.97 Å². The van der Waals surface area contributed by atoms with Crippen molar-refractivity contribution < 1.29 is 9.53 Å². The lowest BCUT2D eigenvalue weighted by molar-refractivity contribution is 0.0382. The van der Waals surface area contributed by atoms with Crippen LogP contribution in [0.1, 0.15) is 44.7 Å². The van der Waals surface area contributed by atoms with Gasteiger partial charge in [0, 0.05) is 24.0 Å². The van der Waals surface area contributed by atoms with Crippen LogP contribution >= 0.6 is 0 Å². The first kappa shape index (κ1) is 18.3. The fraction of sp³-hybridized carbons (Fsp3) is 0.333. The molecule has 3 heterocycles. The standard InChI is InChI=1S/C21H23N5O2/c1-14-15(2)23-13-24-19(14)21(27)22-10-18-20-17(8-9-28-18)12-26(25-20)11-16-6-4-3-5-7-16/h3-7,12-13,18H,8-11H2,1-2H3,(H,22,27). The molecule has 0 spiro atoms. The zero-order valence-corrected chi connectivity index (χ0v) is 16.1. The summed E-state index contributed by atoms with van der Waals surface area (Å²) < 4.78 is 7.83. The fourth-order valence-corrected chi connectivity index (χ4v) is 3.37. The summed E-state index contributed by atoms with van der Waals surface area (Å²) in [5, 5.41) is 7.66. The molecule has 1 aromatic carbocycles. The predicted octanol–water partition coefficient (Wildman–Crippen LogP) is 2.38. The van der Waals surface area contributed by atoms with Crippen molar-refractivity contribution in [2.45, 2.75) is 32.9 Å². The minimum atomic E-state index is -0.257. The van der Waals surface area contributed by atoms with Gasteiger partial charge in [0.15, 0.2) is 0 Å². The van der Waals surface area contributed by atoms with E-state index in [2.05, 4.69) is 33.6 Å². The van der Waals surface area contributed by atoms with E-state index in [0.717, 1.165) is 23.4 Å². The van der Waals surface area contributed by atoms with Gasteiger partial charge in [-0.05, 0) is 31.4 Å². The number of benzene rings is 1. The van der Waals surface area contributed by atoms with Crippen LogP contribution in [0.2, 0.25) is 0 Å². The van der Waals surface area contributed by atoms with Crippen molar-refractivity contribution in [1.82, 2.24) is 25.1 Å². The molecule has 0 aliphatic carbocycles. The molecule has 1 aliphatic rings. The summed E-state index contributed by atoms with van der Waals surface area (Å²) in [5.74, 6) is -0.220. The van der Waals surface area contributed by atoms with Gasteiger partial charge in [0.2, 0.25) is 0 Å². The van der Waals surface area contributed by atoms with Crippen molar-refractivity contribution in [2.24, 2.45) is 0 Å². The molecule has 4 rings (SSSR count). The number of aromatic nitrogens is 4. The van der Waals surface area contributed by atoms with E-state index in [4.69, 9.17) is 9.84 Å². The van der Waals surface area contributed by atoms with Crippen molar-refractivity contribution in [2.75, 3.05) is 13.2 Å². The van der Waals surface area contributed by atoms with E-state index < -0.39 is 0 Å². The topological polar surface area (TPSA) is 81.9 Å². The van der Waals surface area contributed by atoms with Gasteiger partial charge in [0.05, 0.1) is 18.8 Å². The Kier molecular flexibility index (Phi) is 5.16. The molecular weight excluding hydrogens is 354 g/mol. The molecule has 7 heteroatoms. The average molecular weight is 377 g/mol. The molecule has 1 atom stereocenters. The second-order valence-corrected chi connectivity index (χ2v) is 6.97. The third kappa shape index (κ3) is 3.80. The van der Waals surface area contributed by atoms with Gasteiger partial charge in [0.1, 0.15) is 18.1 Å². The number of aryl methyl sites for hydroxylation is 1. The van der Waals surface area contributed by atoms with Gasteiger partial charge in [0.25, 0.3) is 5.91 Å². The van der Waals surface area contributed by atoms with Crippen LogP contribution in [-0.2, 0) is 17.7 Å². The van der Waals surface area contributed by atoms with Gasteiger partial charge in [-0.2, -0.15) is 5.10 Å². The third-order valence-corrected chi connectivity index (χ3v) is 5.05. The molecular formula is C21H23N5O2. The first-order valence-electron chi connectivity index (χ1n) is 9.40. The van der Waals surface area contributed by atoms with Gasteiger partial charge < -0.3 is 10.1 Å². The summed E-state index contributed by atoms with van der Waals surface area (Å²) in [6, 6.07) is 10.2. The largest absolute Gasteiger partial charge is 0.370 e. The van der Waals surface area contributed by atoms with Crippen LogP contribution in [-0.4, -0.2) is 38.8 Å². The van der Waals surface area contributed by atoms with Crippen LogP contribution in [0.3, 0.4) is 0 Å². The highest BCUT2D eigenvalue weighted by atomic mass is 16.5. The Hall–Kier alpha value is -3.06. The molecule has 0 radical (unpaired) electrons. The molecule has 1 aliphatic heterocycles. The molecule has 0 fully saturated rings. The van der Waals surface area contributed by atoms with E-state index >= 15 is 0 Å². The number of ether oxygens (including phenoxy) is 1. The van der Waals surface area contributed by atoms with Crippen molar-refractivity contribution >= 4 is 5.91 Å². The summed E-state index contributed by atoms with van der Waals surface area (Å²) in [4.78, 5) is 20.8. The van der Waals surface area contributed by atoms with Gasteiger partial charge in [-0.3, -0.25) is 9.48 Å². The van der Waals surface area contributed by atoms with E-state index in [1.807, 2.05) is 36.7 Å². The lowest BCUT2D eigenvalue weighted by atomic mass is 10.1. The predicted molar refractivity (Wildman–Crippen MR) is 104 cm³/mol. The quantitative estimate of drug-likeness (QED) is 0.738. The number of nitrogens with one attached hydrogen (secondary N) is 1. The van der Waals surface area contributed by atoms with Crippen molar-refractivity contribution in [3.8, 4) is 0 Å². The molecule has 2 aromatic heterocycles. The zero-order valence-electron chi connectivity index (χ0n) is 16.1. The highest BCUT2D eigenvalue weighted by Gasteiger charge is 2.26. The zero-order chi connectivity index (χ0) is 19.5. The number of carbonyl (C=O) groups excluding carboxylic acids is 1. The molecule has 7 nitrogen and oxygen atoms in total. The van der Waals surface area contributed by atoms with Crippen molar-refractivity contribution in [1.29, 1.82) is 0 Å². The van der Waals surface area contributed by atoms with E-state index in [9.17, 15) is 4.79 Å². The molecule has 1 amide bonds. The summed E-state index contributed by atoms with van der Waals surface area (Å²) in [6.45, 7) is 5.41. The summed E-state index contributed by atoms with van der Waals surface area (Å²) >= 11 is 0.